The van der Waals surface area contributed by atoms with Gasteiger partial charge in [0, 0.05) is 31.9 Å². The molecule has 3 aliphatic rings. The zero-order valence-corrected chi connectivity index (χ0v) is 20.6. The number of piperidine rings is 1. The van der Waals surface area contributed by atoms with Crippen LogP contribution in [0.5, 0.6) is 0 Å². The van der Waals surface area contributed by atoms with Gasteiger partial charge in [-0.1, -0.05) is 4.49 Å². The van der Waals surface area contributed by atoms with Crippen LogP contribution in [-0.2, 0) is 20.8 Å². The maximum Gasteiger partial charge on any atom is 0.313 e. The predicted molar refractivity (Wildman–Crippen MR) is 130 cm³/mol. The van der Waals surface area contributed by atoms with Gasteiger partial charge in [-0.05, 0) is 80.2 Å². The third kappa shape index (κ3) is 4.40. The Labute approximate surface area is 207 Å². The summed E-state index contributed by atoms with van der Waals surface area (Å²) in [5.41, 5.74) is 4.11. The lowest BCUT2D eigenvalue weighted by Crippen LogP contribution is -2.43. The number of anilines is 2. The second kappa shape index (κ2) is 9.37. The molecule has 0 unspecified atom stereocenters. The Hall–Kier alpha value is -3.34. The highest BCUT2D eigenvalue weighted by atomic mass is 32.1. The van der Waals surface area contributed by atoms with Crippen LogP contribution in [0.3, 0.4) is 0 Å². The summed E-state index contributed by atoms with van der Waals surface area (Å²) in [4.78, 5) is 54.4. The second-order valence-electron chi connectivity index (χ2n) is 9.48. The minimum Gasteiger partial charge on any atom is -0.348 e. The van der Waals surface area contributed by atoms with Gasteiger partial charge >= 0.3 is 11.8 Å². The highest BCUT2D eigenvalue weighted by Crippen LogP contribution is 2.44. The van der Waals surface area contributed by atoms with E-state index in [4.69, 9.17) is 0 Å². The lowest BCUT2D eigenvalue weighted by Gasteiger charge is -2.31. The van der Waals surface area contributed by atoms with Crippen molar-refractivity contribution in [3.8, 4) is 0 Å². The summed E-state index contributed by atoms with van der Waals surface area (Å²) in [5, 5.41) is 9.34. The van der Waals surface area contributed by atoms with Crippen molar-refractivity contribution < 1.29 is 19.2 Å². The molecule has 0 saturated carbocycles. The van der Waals surface area contributed by atoms with E-state index in [2.05, 4.69) is 20.2 Å². The lowest BCUT2D eigenvalue weighted by atomic mass is 9.96. The van der Waals surface area contributed by atoms with Crippen LogP contribution >= 0.6 is 11.5 Å². The number of rotatable bonds is 4. The zero-order valence-electron chi connectivity index (χ0n) is 19.8. The molecule has 1 fully saturated rings. The summed E-state index contributed by atoms with van der Waals surface area (Å²) in [7, 11) is 0. The standard InChI is InChI=1S/C24H28N6O4S/c1-13-18-11-17(10-16-4-3-7-30(19(16)18)23(13)33)26-22(32)21(31)25-12-15-5-8-29(9-6-15)24(34)20-14(2)27-28-35-20/h10-11,13,15H,3-9,12H2,1-2H3,(H,25,31)(H,26,32)/t13-/m0/s1. The van der Waals surface area contributed by atoms with Crippen molar-refractivity contribution in [1.82, 2.24) is 19.8 Å². The molecular weight excluding hydrogens is 468 g/mol. The molecule has 2 aromatic rings. The van der Waals surface area contributed by atoms with Gasteiger partial charge in [0.15, 0.2) is 0 Å². The van der Waals surface area contributed by atoms with Crippen molar-refractivity contribution in [2.24, 2.45) is 5.92 Å². The molecule has 1 aromatic heterocycles. The molecule has 0 radical (unpaired) electrons. The molecule has 4 amide bonds. The Morgan fingerprint density at radius 1 is 1.14 bits per heavy atom. The summed E-state index contributed by atoms with van der Waals surface area (Å²) >= 11 is 1.11. The average molecular weight is 497 g/mol. The van der Waals surface area contributed by atoms with Crippen LogP contribution in [-0.4, -0.2) is 64.3 Å². The van der Waals surface area contributed by atoms with E-state index in [1.165, 1.54) is 0 Å². The van der Waals surface area contributed by atoms with E-state index >= 15 is 0 Å². The van der Waals surface area contributed by atoms with E-state index in [-0.39, 0.29) is 23.7 Å². The number of nitrogens with one attached hydrogen (secondary N) is 2. The number of aromatic nitrogens is 2. The maximum absolute atomic E-state index is 12.6. The van der Waals surface area contributed by atoms with Crippen LogP contribution < -0.4 is 15.5 Å². The summed E-state index contributed by atoms with van der Waals surface area (Å²) in [6.45, 7) is 5.95. The number of carbonyl (C=O) groups is 4. The van der Waals surface area contributed by atoms with Crippen molar-refractivity contribution >= 4 is 46.5 Å². The number of benzene rings is 1. The molecule has 4 heterocycles. The fourth-order valence-electron chi connectivity index (χ4n) is 5.18. The number of amides is 4. The fraction of sp³-hybridized carbons (Fsp3) is 0.500. The molecule has 10 nitrogen and oxygen atoms in total. The van der Waals surface area contributed by atoms with Gasteiger partial charge in [0.1, 0.15) is 4.88 Å². The molecule has 1 saturated heterocycles. The topological polar surface area (TPSA) is 125 Å². The monoisotopic (exact) mass is 496 g/mol. The quantitative estimate of drug-likeness (QED) is 0.623. The van der Waals surface area contributed by atoms with Crippen LogP contribution in [0.25, 0.3) is 0 Å². The Kier molecular flexibility index (Phi) is 6.26. The van der Waals surface area contributed by atoms with E-state index in [1.807, 2.05) is 24.0 Å². The van der Waals surface area contributed by atoms with E-state index in [1.54, 1.807) is 11.8 Å². The molecule has 5 rings (SSSR count). The molecule has 0 spiro atoms. The number of carbonyl (C=O) groups excluding carboxylic acids is 4. The molecular formula is C24H28N6O4S. The first-order chi connectivity index (χ1) is 16.8. The van der Waals surface area contributed by atoms with E-state index in [0.29, 0.717) is 35.9 Å². The van der Waals surface area contributed by atoms with Crippen LogP contribution in [0.2, 0.25) is 0 Å². The van der Waals surface area contributed by atoms with Crippen molar-refractivity contribution in [3.05, 3.63) is 33.8 Å². The summed E-state index contributed by atoms with van der Waals surface area (Å²) < 4.78 is 3.83. The van der Waals surface area contributed by atoms with Gasteiger partial charge in [-0.3, -0.25) is 19.2 Å². The lowest BCUT2D eigenvalue weighted by molar-refractivity contribution is -0.136. The molecule has 2 N–H and O–H groups in total. The van der Waals surface area contributed by atoms with Crippen LogP contribution in [0.1, 0.15) is 58.6 Å². The Bertz CT molecular complexity index is 1200. The average Bonchev–Trinajstić information content (AvgIpc) is 3.40. The first-order valence-electron chi connectivity index (χ1n) is 12.0. The normalized spacial score (nSPS) is 19.5. The van der Waals surface area contributed by atoms with Gasteiger partial charge in [0.25, 0.3) is 5.91 Å². The van der Waals surface area contributed by atoms with Crippen molar-refractivity contribution in [2.45, 2.75) is 45.4 Å². The van der Waals surface area contributed by atoms with E-state index in [9.17, 15) is 19.2 Å². The maximum atomic E-state index is 12.6. The first kappa shape index (κ1) is 23.4. The highest BCUT2D eigenvalue weighted by Gasteiger charge is 2.38. The van der Waals surface area contributed by atoms with Crippen molar-refractivity contribution in [2.75, 3.05) is 36.4 Å². The number of likely N-dealkylation sites (tertiary alicyclic amines) is 1. The fourth-order valence-corrected chi connectivity index (χ4v) is 5.81. The molecule has 11 heteroatoms. The highest BCUT2D eigenvalue weighted by molar-refractivity contribution is 7.07. The number of aryl methyl sites for hydroxylation is 2. The second-order valence-corrected chi connectivity index (χ2v) is 10.2. The molecule has 35 heavy (non-hydrogen) atoms. The molecule has 184 valence electrons. The van der Waals surface area contributed by atoms with Gasteiger partial charge < -0.3 is 20.4 Å². The predicted octanol–water partition coefficient (Wildman–Crippen LogP) is 1.85. The van der Waals surface area contributed by atoms with Crippen molar-refractivity contribution in [3.63, 3.8) is 0 Å². The summed E-state index contributed by atoms with van der Waals surface area (Å²) in [6.07, 6.45) is 3.22. The Morgan fingerprint density at radius 3 is 2.63 bits per heavy atom. The van der Waals surface area contributed by atoms with Gasteiger partial charge in [-0.25, -0.2) is 0 Å². The number of hydrogen-bond donors (Lipinski definition) is 2. The van der Waals surface area contributed by atoms with Crippen LogP contribution in [0.4, 0.5) is 11.4 Å². The minimum atomic E-state index is -0.720. The van der Waals surface area contributed by atoms with Gasteiger partial charge in [0.05, 0.1) is 17.3 Å². The number of nitrogens with zero attached hydrogens (tertiary/aromatic N) is 4. The van der Waals surface area contributed by atoms with Gasteiger partial charge in [-0.2, -0.15) is 0 Å². The SMILES string of the molecule is Cc1nnsc1C(=O)N1CCC(CNC(=O)C(=O)Nc2cc3c4c(c2)[C@H](C)C(=O)N4CCC3)CC1. The van der Waals surface area contributed by atoms with Crippen LogP contribution in [0.15, 0.2) is 12.1 Å². The van der Waals surface area contributed by atoms with Crippen LogP contribution in [0, 0.1) is 12.8 Å². The first-order valence-corrected chi connectivity index (χ1v) is 12.8. The number of hydrogen-bond acceptors (Lipinski definition) is 7. The molecule has 0 aliphatic carbocycles. The molecule has 1 aromatic carbocycles. The Balaban J connectivity index is 1.13. The Morgan fingerprint density at radius 2 is 1.91 bits per heavy atom. The largest absolute Gasteiger partial charge is 0.348 e. The van der Waals surface area contributed by atoms with Gasteiger partial charge in [-0.15, -0.1) is 5.10 Å². The third-order valence-electron chi connectivity index (χ3n) is 7.18. The zero-order chi connectivity index (χ0) is 24.7. The minimum absolute atomic E-state index is 0.0492. The smallest absolute Gasteiger partial charge is 0.313 e. The van der Waals surface area contributed by atoms with Gasteiger partial charge in [0.2, 0.25) is 5.91 Å². The molecule has 0 bridgehead atoms. The molecule has 1 atom stereocenters. The van der Waals surface area contributed by atoms with E-state index in [0.717, 1.165) is 60.6 Å². The van der Waals surface area contributed by atoms with Crippen molar-refractivity contribution in [1.29, 1.82) is 0 Å². The summed E-state index contributed by atoms with van der Waals surface area (Å²) in [6, 6.07) is 3.68. The third-order valence-corrected chi connectivity index (χ3v) is 8.00. The van der Waals surface area contributed by atoms with E-state index < -0.39 is 11.8 Å². The summed E-state index contributed by atoms with van der Waals surface area (Å²) in [5.74, 6) is -1.42. The molecule has 3 aliphatic heterocycles.